The second-order valence-electron chi connectivity index (χ2n) is 9.18. The average molecular weight is 512 g/mol. The Morgan fingerprint density at radius 2 is 1.91 bits per heavy atom. The summed E-state index contributed by atoms with van der Waals surface area (Å²) in [7, 11) is -3.86. The molecule has 0 saturated carbocycles. The Bertz CT molecular complexity index is 1060. The molecule has 1 aromatic rings. The van der Waals surface area contributed by atoms with Crippen molar-refractivity contribution in [3.05, 3.63) is 41.7 Å². The molecule has 0 aliphatic carbocycles. The van der Waals surface area contributed by atoms with E-state index in [1.54, 1.807) is 23.7 Å². The van der Waals surface area contributed by atoms with E-state index in [2.05, 4.69) is 0 Å². The molecule has 1 aromatic carbocycles. The Morgan fingerprint density at radius 1 is 1.20 bits per heavy atom. The Hall–Kier alpha value is -2.54. The molecule has 35 heavy (non-hydrogen) atoms. The third-order valence-corrected chi connectivity index (χ3v) is 8.99. The summed E-state index contributed by atoms with van der Waals surface area (Å²) < 4.78 is 51.7. The maximum absolute atomic E-state index is 13.3. The molecule has 2 saturated heterocycles. The van der Waals surface area contributed by atoms with Crippen LogP contribution < -0.4 is 5.48 Å². The number of carbonyl (C=O) groups is 2. The van der Waals surface area contributed by atoms with Crippen LogP contribution in [-0.2, 0) is 24.3 Å². The van der Waals surface area contributed by atoms with Gasteiger partial charge in [-0.15, -0.1) is 0 Å². The summed E-state index contributed by atoms with van der Waals surface area (Å²) in [5.74, 6) is -1.60. The number of rotatable bonds is 6. The van der Waals surface area contributed by atoms with Gasteiger partial charge in [0.05, 0.1) is 24.4 Å². The van der Waals surface area contributed by atoms with Crippen molar-refractivity contribution >= 4 is 27.6 Å². The smallest absolute Gasteiger partial charge is 0.410 e. The Morgan fingerprint density at radius 3 is 2.49 bits per heavy atom. The summed E-state index contributed by atoms with van der Waals surface area (Å²) in [6.07, 6.45) is 2.19. The number of amides is 2. The summed E-state index contributed by atoms with van der Waals surface area (Å²) in [6.45, 7) is 1.50. The number of nitrogens with zero attached hydrogens (tertiary/aromatic N) is 2. The zero-order valence-corrected chi connectivity index (χ0v) is 20.1. The van der Waals surface area contributed by atoms with E-state index in [1.807, 2.05) is 0 Å². The fourth-order valence-corrected chi connectivity index (χ4v) is 6.74. The van der Waals surface area contributed by atoms with Crippen molar-refractivity contribution in [1.29, 1.82) is 0 Å². The van der Waals surface area contributed by atoms with E-state index in [1.165, 1.54) is 21.3 Å². The zero-order chi connectivity index (χ0) is 25.1. The number of likely N-dealkylation sites (tertiary alicyclic amines) is 1. The highest BCUT2D eigenvalue weighted by molar-refractivity contribution is 7.89. The monoisotopic (exact) mass is 511 g/mol. The molecule has 192 valence electrons. The number of nitrogens with one attached hydrogen (secondary N) is 1. The minimum Gasteiger partial charge on any atom is -0.444 e. The normalized spacial score (nSPS) is 23.0. The van der Waals surface area contributed by atoms with Crippen LogP contribution in [0.3, 0.4) is 0 Å². The fourth-order valence-electron chi connectivity index (χ4n) is 4.77. The molecule has 0 aromatic heterocycles. The molecular formula is C23H30FN3O7S. The van der Waals surface area contributed by atoms with Crippen LogP contribution in [0.2, 0.25) is 0 Å². The molecule has 3 aliphatic heterocycles. The highest BCUT2D eigenvalue weighted by atomic mass is 32.2. The minimum atomic E-state index is -3.86. The Balaban J connectivity index is 1.40. The molecule has 0 radical (unpaired) electrons. The second-order valence-corrected chi connectivity index (χ2v) is 11.1. The van der Waals surface area contributed by atoms with Crippen LogP contribution >= 0.6 is 0 Å². The number of carbonyl (C=O) groups excluding carboxylic acids is 2. The number of ether oxygens (including phenoxy) is 2. The van der Waals surface area contributed by atoms with Gasteiger partial charge >= 0.3 is 6.09 Å². The van der Waals surface area contributed by atoms with Crippen LogP contribution in [0, 0.1) is 11.2 Å². The Labute approximate surface area is 203 Å². The highest BCUT2D eigenvalue weighted by Crippen LogP contribution is 2.35. The van der Waals surface area contributed by atoms with E-state index in [-0.39, 0.29) is 50.9 Å². The van der Waals surface area contributed by atoms with Crippen LogP contribution in [0.1, 0.15) is 31.2 Å². The molecule has 1 atom stereocenters. The zero-order valence-electron chi connectivity index (χ0n) is 19.3. The van der Waals surface area contributed by atoms with E-state index in [0.29, 0.717) is 26.1 Å². The molecule has 0 spiro atoms. The number of hydroxylamine groups is 1. The lowest BCUT2D eigenvalue weighted by atomic mass is 9.79. The standard InChI is InChI=1S/C23H30FN3O7S/c24-19-3-1-17(2-4-19)18-5-10-27(11-6-18)35(31,32)16-23(21(28)25-30)8-12-26(13-9-23)22(29)34-20-7-14-33-15-20/h1-5,20,30H,6-16H2,(H,25,28). The van der Waals surface area contributed by atoms with Crippen LogP contribution in [0.25, 0.3) is 5.57 Å². The largest absolute Gasteiger partial charge is 0.444 e. The first-order chi connectivity index (χ1) is 16.7. The lowest BCUT2D eigenvalue weighted by molar-refractivity contribution is -0.141. The van der Waals surface area contributed by atoms with E-state index in [9.17, 15) is 27.6 Å². The van der Waals surface area contributed by atoms with Crippen molar-refractivity contribution in [3.8, 4) is 0 Å². The Kier molecular flexibility index (Phi) is 7.74. The molecule has 10 nitrogen and oxygen atoms in total. The number of halogens is 1. The quantitative estimate of drug-likeness (QED) is 0.440. The van der Waals surface area contributed by atoms with Gasteiger partial charge in [-0.2, -0.15) is 4.31 Å². The molecule has 3 aliphatic rings. The van der Waals surface area contributed by atoms with Crippen LogP contribution in [0.15, 0.2) is 30.3 Å². The number of hydrogen-bond donors (Lipinski definition) is 2. The second kappa shape index (κ2) is 10.6. The molecule has 12 heteroatoms. The van der Waals surface area contributed by atoms with Crippen molar-refractivity contribution in [2.24, 2.45) is 5.41 Å². The van der Waals surface area contributed by atoms with Gasteiger partial charge in [-0.1, -0.05) is 18.2 Å². The van der Waals surface area contributed by atoms with Crippen molar-refractivity contribution in [1.82, 2.24) is 14.7 Å². The van der Waals surface area contributed by atoms with Gasteiger partial charge in [-0.25, -0.2) is 23.1 Å². The third-order valence-electron chi connectivity index (χ3n) is 6.96. The van der Waals surface area contributed by atoms with Gasteiger partial charge in [0.15, 0.2) is 0 Å². The summed E-state index contributed by atoms with van der Waals surface area (Å²) in [4.78, 5) is 26.5. The van der Waals surface area contributed by atoms with Crippen molar-refractivity contribution < 1.29 is 37.1 Å². The lowest BCUT2D eigenvalue weighted by Gasteiger charge is -2.40. The van der Waals surface area contributed by atoms with E-state index < -0.39 is 33.2 Å². The van der Waals surface area contributed by atoms with Crippen molar-refractivity contribution in [2.45, 2.75) is 31.8 Å². The van der Waals surface area contributed by atoms with E-state index in [0.717, 1.165) is 11.1 Å². The lowest BCUT2D eigenvalue weighted by Crippen LogP contribution is -2.54. The van der Waals surface area contributed by atoms with Crippen molar-refractivity contribution in [3.63, 3.8) is 0 Å². The third kappa shape index (κ3) is 5.83. The number of hydrogen-bond acceptors (Lipinski definition) is 7. The summed E-state index contributed by atoms with van der Waals surface area (Å²) in [6, 6.07) is 6.04. The summed E-state index contributed by atoms with van der Waals surface area (Å²) >= 11 is 0. The molecule has 1 unspecified atom stereocenters. The van der Waals surface area contributed by atoms with Gasteiger partial charge in [0, 0.05) is 32.6 Å². The van der Waals surface area contributed by atoms with Crippen molar-refractivity contribution in [2.75, 3.05) is 45.1 Å². The summed E-state index contributed by atoms with van der Waals surface area (Å²) in [5.41, 5.74) is 2.01. The van der Waals surface area contributed by atoms with Gasteiger partial charge in [0.1, 0.15) is 11.9 Å². The average Bonchev–Trinajstić information content (AvgIpc) is 3.37. The maximum Gasteiger partial charge on any atom is 0.410 e. The topological polar surface area (TPSA) is 125 Å². The molecular weight excluding hydrogens is 481 g/mol. The molecule has 3 heterocycles. The number of benzene rings is 1. The van der Waals surface area contributed by atoms with Gasteiger partial charge in [0.25, 0.3) is 5.91 Å². The van der Waals surface area contributed by atoms with Gasteiger partial charge in [0.2, 0.25) is 10.0 Å². The molecule has 2 N–H and O–H groups in total. The SMILES string of the molecule is O=C(OC1CCOC1)N1CCC(CS(=O)(=O)N2CC=C(c3ccc(F)cc3)CC2)(C(=O)NO)CC1. The molecule has 4 rings (SSSR count). The van der Waals surface area contributed by atoms with Gasteiger partial charge in [-0.05, 0) is 42.5 Å². The van der Waals surface area contributed by atoms with Crippen LogP contribution in [0.5, 0.6) is 0 Å². The summed E-state index contributed by atoms with van der Waals surface area (Å²) in [5, 5.41) is 9.34. The predicted molar refractivity (Wildman–Crippen MR) is 123 cm³/mol. The van der Waals surface area contributed by atoms with E-state index >= 15 is 0 Å². The highest BCUT2D eigenvalue weighted by Gasteiger charge is 2.47. The first-order valence-corrected chi connectivity index (χ1v) is 13.2. The van der Waals surface area contributed by atoms with E-state index in [4.69, 9.17) is 9.47 Å². The minimum absolute atomic E-state index is 0.0688. The maximum atomic E-state index is 13.3. The first-order valence-electron chi connectivity index (χ1n) is 11.6. The molecule has 2 fully saturated rings. The predicted octanol–water partition coefficient (Wildman–Crippen LogP) is 1.76. The van der Waals surface area contributed by atoms with Crippen LogP contribution in [-0.4, -0.2) is 86.1 Å². The van der Waals surface area contributed by atoms with Gasteiger partial charge in [-0.3, -0.25) is 10.0 Å². The molecule has 2 amide bonds. The first kappa shape index (κ1) is 25.5. The number of piperidine rings is 1. The fraction of sp³-hybridized carbons (Fsp3) is 0.565. The number of sulfonamides is 1. The van der Waals surface area contributed by atoms with Crippen LogP contribution in [0.4, 0.5) is 9.18 Å². The van der Waals surface area contributed by atoms with Gasteiger partial charge < -0.3 is 14.4 Å². The molecule has 0 bridgehead atoms.